The van der Waals surface area contributed by atoms with Crippen molar-refractivity contribution in [1.29, 1.82) is 0 Å². The SMILES string of the molecule is CN=C(NCCOCCC(C)C)NCCc1cnn(-c2ccccc2)c1.I. The summed E-state index contributed by atoms with van der Waals surface area (Å²) >= 11 is 0. The van der Waals surface area contributed by atoms with Crippen molar-refractivity contribution < 1.29 is 4.74 Å². The van der Waals surface area contributed by atoms with Crippen LogP contribution >= 0.6 is 24.0 Å². The van der Waals surface area contributed by atoms with Gasteiger partial charge in [0, 0.05) is 32.9 Å². The number of hydrogen-bond donors (Lipinski definition) is 2. The van der Waals surface area contributed by atoms with E-state index in [0.717, 1.165) is 44.2 Å². The summed E-state index contributed by atoms with van der Waals surface area (Å²) in [6, 6.07) is 10.1. The van der Waals surface area contributed by atoms with Gasteiger partial charge < -0.3 is 15.4 Å². The highest BCUT2D eigenvalue weighted by molar-refractivity contribution is 14.0. The van der Waals surface area contributed by atoms with Gasteiger partial charge in [0.1, 0.15) is 0 Å². The van der Waals surface area contributed by atoms with Gasteiger partial charge >= 0.3 is 0 Å². The van der Waals surface area contributed by atoms with Gasteiger partial charge in [0.25, 0.3) is 0 Å². The van der Waals surface area contributed by atoms with Gasteiger partial charge in [-0.25, -0.2) is 4.68 Å². The highest BCUT2D eigenvalue weighted by Crippen LogP contribution is 2.07. The second-order valence-corrected chi connectivity index (χ2v) is 6.60. The Bertz CT molecular complexity index is 657. The minimum atomic E-state index is 0. The highest BCUT2D eigenvalue weighted by atomic mass is 127. The second kappa shape index (κ2) is 13.5. The zero-order valence-corrected chi connectivity index (χ0v) is 18.8. The van der Waals surface area contributed by atoms with Crippen molar-refractivity contribution in [2.45, 2.75) is 26.7 Å². The zero-order chi connectivity index (χ0) is 18.6. The third-order valence-corrected chi connectivity index (χ3v) is 3.96. The van der Waals surface area contributed by atoms with Crippen LogP contribution in [0.5, 0.6) is 0 Å². The van der Waals surface area contributed by atoms with Crippen LogP contribution in [-0.2, 0) is 11.2 Å². The maximum Gasteiger partial charge on any atom is 0.191 e. The van der Waals surface area contributed by atoms with Gasteiger partial charge in [-0.2, -0.15) is 5.10 Å². The zero-order valence-electron chi connectivity index (χ0n) is 16.5. The van der Waals surface area contributed by atoms with Crippen LogP contribution in [0.4, 0.5) is 0 Å². The minimum absolute atomic E-state index is 0. The Morgan fingerprint density at radius 1 is 1.15 bits per heavy atom. The first-order valence-corrected chi connectivity index (χ1v) is 9.30. The van der Waals surface area contributed by atoms with E-state index in [0.29, 0.717) is 12.5 Å². The molecule has 7 heteroatoms. The van der Waals surface area contributed by atoms with Crippen molar-refractivity contribution in [3.63, 3.8) is 0 Å². The van der Waals surface area contributed by atoms with Gasteiger partial charge in [0.05, 0.1) is 18.5 Å². The van der Waals surface area contributed by atoms with Crippen molar-refractivity contribution in [3.8, 4) is 5.69 Å². The first-order chi connectivity index (χ1) is 12.7. The Morgan fingerprint density at radius 2 is 1.89 bits per heavy atom. The van der Waals surface area contributed by atoms with Gasteiger partial charge in [-0.3, -0.25) is 4.99 Å². The normalized spacial score (nSPS) is 11.3. The molecule has 0 radical (unpaired) electrons. The van der Waals surface area contributed by atoms with Gasteiger partial charge in [-0.15, -0.1) is 24.0 Å². The predicted octanol–water partition coefficient (Wildman–Crippen LogP) is 3.26. The molecular weight excluding hydrogens is 453 g/mol. The van der Waals surface area contributed by atoms with Crippen LogP contribution in [0.15, 0.2) is 47.7 Å². The standard InChI is InChI=1S/C20H31N5O.HI/c1-17(2)10-13-26-14-12-23-20(21-3)22-11-9-18-15-24-25(16-18)19-7-5-4-6-8-19;/h4-8,15-17H,9-14H2,1-3H3,(H2,21,22,23);1H. The fourth-order valence-corrected chi connectivity index (χ4v) is 2.42. The molecule has 1 aromatic heterocycles. The first kappa shape index (κ1) is 23.4. The van der Waals surface area contributed by atoms with Gasteiger partial charge in [-0.1, -0.05) is 32.0 Å². The summed E-state index contributed by atoms with van der Waals surface area (Å²) in [5.74, 6) is 1.48. The maximum absolute atomic E-state index is 5.60. The smallest absolute Gasteiger partial charge is 0.191 e. The van der Waals surface area contributed by atoms with Crippen LogP contribution in [0.2, 0.25) is 0 Å². The number of rotatable bonds is 10. The molecule has 0 saturated heterocycles. The van der Waals surface area contributed by atoms with Gasteiger partial charge in [0.15, 0.2) is 5.96 Å². The average molecular weight is 485 g/mol. The molecule has 6 nitrogen and oxygen atoms in total. The van der Waals surface area contributed by atoms with Crippen LogP contribution in [0, 0.1) is 5.92 Å². The molecule has 1 heterocycles. The van der Waals surface area contributed by atoms with E-state index in [1.165, 1.54) is 5.56 Å². The fourth-order valence-electron chi connectivity index (χ4n) is 2.42. The summed E-state index contributed by atoms with van der Waals surface area (Å²) in [6.07, 6.45) is 5.96. The van der Waals surface area contributed by atoms with Gasteiger partial charge in [0.2, 0.25) is 0 Å². The maximum atomic E-state index is 5.60. The third-order valence-electron chi connectivity index (χ3n) is 3.96. The topological polar surface area (TPSA) is 63.5 Å². The van der Waals surface area contributed by atoms with Crippen molar-refractivity contribution in [3.05, 3.63) is 48.3 Å². The molecule has 0 amide bonds. The van der Waals surface area contributed by atoms with Crippen LogP contribution < -0.4 is 10.6 Å². The van der Waals surface area contributed by atoms with E-state index in [9.17, 15) is 0 Å². The summed E-state index contributed by atoms with van der Waals surface area (Å²) < 4.78 is 7.50. The molecule has 0 bridgehead atoms. The van der Waals surface area contributed by atoms with E-state index in [4.69, 9.17) is 4.74 Å². The molecule has 2 N–H and O–H groups in total. The predicted molar refractivity (Wildman–Crippen MR) is 122 cm³/mol. The Morgan fingerprint density at radius 3 is 2.59 bits per heavy atom. The number of guanidine groups is 1. The molecule has 150 valence electrons. The van der Waals surface area contributed by atoms with Crippen LogP contribution in [0.1, 0.15) is 25.8 Å². The molecule has 0 atom stereocenters. The first-order valence-electron chi connectivity index (χ1n) is 9.30. The molecule has 0 aliphatic heterocycles. The van der Waals surface area contributed by atoms with Crippen molar-refractivity contribution in [2.75, 3.05) is 33.4 Å². The number of nitrogens with one attached hydrogen (secondary N) is 2. The second-order valence-electron chi connectivity index (χ2n) is 6.60. The van der Waals surface area contributed by atoms with E-state index >= 15 is 0 Å². The lowest BCUT2D eigenvalue weighted by molar-refractivity contribution is 0.128. The number of para-hydroxylation sites is 1. The highest BCUT2D eigenvalue weighted by Gasteiger charge is 2.02. The Labute approximate surface area is 179 Å². The lowest BCUT2D eigenvalue weighted by Gasteiger charge is -2.12. The molecule has 0 unspecified atom stereocenters. The summed E-state index contributed by atoms with van der Waals surface area (Å²) in [7, 11) is 1.78. The van der Waals surface area contributed by atoms with Crippen molar-refractivity contribution in [2.24, 2.45) is 10.9 Å². The Balaban J connectivity index is 0.00000364. The number of hydrogen-bond acceptors (Lipinski definition) is 3. The van der Waals surface area contributed by atoms with E-state index < -0.39 is 0 Å². The molecule has 0 aliphatic carbocycles. The van der Waals surface area contributed by atoms with Crippen LogP contribution in [0.25, 0.3) is 5.69 Å². The third kappa shape index (κ3) is 9.23. The number of ether oxygens (including phenoxy) is 1. The minimum Gasteiger partial charge on any atom is -0.380 e. The quantitative estimate of drug-likeness (QED) is 0.235. The van der Waals surface area contributed by atoms with Crippen molar-refractivity contribution >= 4 is 29.9 Å². The lowest BCUT2D eigenvalue weighted by Crippen LogP contribution is -2.39. The summed E-state index contributed by atoms with van der Waals surface area (Å²) in [5, 5.41) is 11.0. The number of aromatic nitrogens is 2. The number of nitrogens with zero attached hydrogens (tertiary/aromatic N) is 3. The molecular formula is C20H32IN5O. The molecule has 2 rings (SSSR count). The average Bonchev–Trinajstić information content (AvgIpc) is 3.12. The van der Waals surface area contributed by atoms with E-state index in [1.54, 1.807) is 7.05 Å². The monoisotopic (exact) mass is 485 g/mol. The lowest BCUT2D eigenvalue weighted by atomic mass is 10.1. The molecule has 0 saturated carbocycles. The van der Waals surface area contributed by atoms with E-state index in [-0.39, 0.29) is 24.0 Å². The van der Waals surface area contributed by atoms with Gasteiger partial charge in [-0.05, 0) is 36.5 Å². The number of halogens is 1. The van der Waals surface area contributed by atoms with Crippen molar-refractivity contribution in [1.82, 2.24) is 20.4 Å². The van der Waals surface area contributed by atoms with Crippen LogP contribution in [0.3, 0.4) is 0 Å². The molecule has 0 aliphatic rings. The molecule has 0 spiro atoms. The van der Waals surface area contributed by atoms with E-state index in [1.807, 2.05) is 41.2 Å². The number of benzene rings is 1. The van der Waals surface area contributed by atoms with Crippen LogP contribution in [-0.4, -0.2) is 49.1 Å². The number of aliphatic imine (C=N–C) groups is 1. The molecule has 27 heavy (non-hydrogen) atoms. The fraction of sp³-hybridized carbons (Fsp3) is 0.500. The summed E-state index contributed by atoms with van der Waals surface area (Å²) in [5.41, 5.74) is 2.26. The molecule has 1 aromatic carbocycles. The van der Waals surface area contributed by atoms with E-state index in [2.05, 4.69) is 40.8 Å². The molecule has 0 fully saturated rings. The summed E-state index contributed by atoms with van der Waals surface area (Å²) in [6.45, 7) is 7.47. The summed E-state index contributed by atoms with van der Waals surface area (Å²) in [4.78, 5) is 4.24. The Hall–Kier alpha value is -1.61. The molecule has 2 aromatic rings. The largest absolute Gasteiger partial charge is 0.380 e. The Kier molecular flexibility index (Phi) is 11.8.